The van der Waals surface area contributed by atoms with Gasteiger partial charge in [0.2, 0.25) is 0 Å². The fourth-order valence-electron chi connectivity index (χ4n) is 1.06. The standard InChI is InChI=1S/C8H13N/c1-3-7-9(4-2)8-5-6-8/h1,8H,4-7H2,2H3. The maximum Gasteiger partial charge on any atom is 0.0601 e. The summed E-state index contributed by atoms with van der Waals surface area (Å²) < 4.78 is 0. The lowest BCUT2D eigenvalue weighted by Gasteiger charge is -2.15. The molecule has 9 heavy (non-hydrogen) atoms. The predicted octanol–water partition coefficient (Wildman–Crippen LogP) is 1.10. The molecule has 1 aliphatic rings. The highest BCUT2D eigenvalue weighted by Gasteiger charge is 2.26. The molecule has 0 spiro atoms. The minimum atomic E-state index is 0.825. The lowest BCUT2D eigenvalue weighted by Crippen LogP contribution is -2.25. The Kier molecular flexibility index (Phi) is 2.13. The van der Waals surface area contributed by atoms with E-state index in [1.165, 1.54) is 12.8 Å². The number of terminal acetylenes is 1. The Hall–Kier alpha value is -0.480. The quantitative estimate of drug-likeness (QED) is 0.508. The molecule has 50 valence electrons. The van der Waals surface area contributed by atoms with E-state index < -0.39 is 0 Å². The molecule has 0 heterocycles. The van der Waals surface area contributed by atoms with Gasteiger partial charge in [-0.05, 0) is 19.4 Å². The Morgan fingerprint density at radius 1 is 1.67 bits per heavy atom. The molecule has 0 amide bonds. The topological polar surface area (TPSA) is 3.24 Å². The summed E-state index contributed by atoms with van der Waals surface area (Å²) in [7, 11) is 0. The maximum absolute atomic E-state index is 5.18. The van der Waals surface area contributed by atoms with Crippen LogP contribution >= 0.6 is 0 Å². The van der Waals surface area contributed by atoms with E-state index in [0.29, 0.717) is 0 Å². The minimum absolute atomic E-state index is 0.825. The van der Waals surface area contributed by atoms with Gasteiger partial charge in [-0.1, -0.05) is 12.8 Å². The van der Waals surface area contributed by atoms with Crippen LogP contribution in [0.1, 0.15) is 19.8 Å². The van der Waals surface area contributed by atoms with Crippen LogP contribution in [0.15, 0.2) is 0 Å². The molecule has 0 bridgehead atoms. The third-order valence-electron chi connectivity index (χ3n) is 1.76. The van der Waals surface area contributed by atoms with Gasteiger partial charge in [0.25, 0.3) is 0 Å². The van der Waals surface area contributed by atoms with E-state index in [4.69, 9.17) is 6.42 Å². The van der Waals surface area contributed by atoms with Crippen LogP contribution in [0.25, 0.3) is 0 Å². The largest absolute Gasteiger partial charge is 0.290 e. The molecule has 0 aromatic rings. The maximum atomic E-state index is 5.18. The van der Waals surface area contributed by atoms with Crippen LogP contribution < -0.4 is 0 Å². The van der Waals surface area contributed by atoms with Crippen molar-refractivity contribution in [3.63, 3.8) is 0 Å². The van der Waals surface area contributed by atoms with E-state index >= 15 is 0 Å². The average Bonchev–Trinajstić information content (AvgIpc) is 2.64. The van der Waals surface area contributed by atoms with Crippen molar-refractivity contribution in [1.82, 2.24) is 4.90 Å². The molecule has 1 fully saturated rings. The van der Waals surface area contributed by atoms with Crippen molar-refractivity contribution in [1.29, 1.82) is 0 Å². The first-order chi connectivity index (χ1) is 4.38. The van der Waals surface area contributed by atoms with Gasteiger partial charge < -0.3 is 0 Å². The Bertz CT molecular complexity index is 119. The summed E-state index contributed by atoms with van der Waals surface area (Å²) in [5, 5.41) is 0. The van der Waals surface area contributed by atoms with Gasteiger partial charge in [0.05, 0.1) is 6.54 Å². The Morgan fingerprint density at radius 3 is 2.67 bits per heavy atom. The molecule has 0 saturated heterocycles. The van der Waals surface area contributed by atoms with Crippen LogP contribution in [0.3, 0.4) is 0 Å². The van der Waals surface area contributed by atoms with Gasteiger partial charge in [-0.3, -0.25) is 4.90 Å². The zero-order chi connectivity index (χ0) is 6.69. The van der Waals surface area contributed by atoms with Crippen LogP contribution in [-0.2, 0) is 0 Å². The highest BCUT2D eigenvalue weighted by atomic mass is 15.2. The predicted molar refractivity (Wildman–Crippen MR) is 39.1 cm³/mol. The van der Waals surface area contributed by atoms with Crippen molar-refractivity contribution in [2.45, 2.75) is 25.8 Å². The van der Waals surface area contributed by atoms with Crippen LogP contribution in [0.2, 0.25) is 0 Å². The Balaban J connectivity index is 2.22. The zero-order valence-corrected chi connectivity index (χ0v) is 5.93. The summed E-state index contributed by atoms with van der Waals surface area (Å²) in [4.78, 5) is 2.35. The molecular formula is C8H13N. The number of hydrogen-bond acceptors (Lipinski definition) is 1. The van der Waals surface area contributed by atoms with Crippen LogP contribution in [0, 0.1) is 12.3 Å². The summed E-state index contributed by atoms with van der Waals surface area (Å²) >= 11 is 0. The van der Waals surface area contributed by atoms with Gasteiger partial charge in [-0.2, -0.15) is 0 Å². The lowest BCUT2D eigenvalue weighted by molar-refractivity contribution is 0.313. The van der Waals surface area contributed by atoms with Crippen LogP contribution in [0.5, 0.6) is 0 Å². The first kappa shape index (κ1) is 6.64. The SMILES string of the molecule is C#CCN(CC)C1CC1. The van der Waals surface area contributed by atoms with E-state index in [1.807, 2.05) is 0 Å². The number of nitrogens with zero attached hydrogens (tertiary/aromatic N) is 1. The summed E-state index contributed by atoms with van der Waals surface area (Å²) in [6.45, 7) is 4.10. The van der Waals surface area contributed by atoms with Crippen molar-refractivity contribution in [3.8, 4) is 12.3 Å². The monoisotopic (exact) mass is 123 g/mol. The van der Waals surface area contributed by atoms with Gasteiger partial charge in [0, 0.05) is 6.04 Å². The minimum Gasteiger partial charge on any atom is -0.290 e. The third-order valence-corrected chi connectivity index (χ3v) is 1.76. The zero-order valence-electron chi connectivity index (χ0n) is 5.93. The molecule has 1 rings (SSSR count). The van der Waals surface area contributed by atoms with Crippen molar-refractivity contribution in [3.05, 3.63) is 0 Å². The fraction of sp³-hybridized carbons (Fsp3) is 0.750. The first-order valence-corrected chi connectivity index (χ1v) is 3.56. The summed E-state index contributed by atoms with van der Waals surface area (Å²) in [6.07, 6.45) is 7.89. The van der Waals surface area contributed by atoms with E-state index in [2.05, 4.69) is 17.7 Å². The molecule has 1 aliphatic carbocycles. The molecule has 0 aliphatic heterocycles. The molecule has 0 unspecified atom stereocenters. The van der Waals surface area contributed by atoms with Crippen LogP contribution in [0.4, 0.5) is 0 Å². The molecule has 0 N–H and O–H groups in total. The molecule has 0 radical (unpaired) electrons. The van der Waals surface area contributed by atoms with Gasteiger partial charge in [0.1, 0.15) is 0 Å². The molecule has 1 saturated carbocycles. The first-order valence-electron chi connectivity index (χ1n) is 3.56. The number of rotatable bonds is 3. The van der Waals surface area contributed by atoms with Gasteiger partial charge in [-0.15, -0.1) is 6.42 Å². The van der Waals surface area contributed by atoms with E-state index in [9.17, 15) is 0 Å². The fourth-order valence-corrected chi connectivity index (χ4v) is 1.06. The van der Waals surface area contributed by atoms with E-state index in [0.717, 1.165) is 19.1 Å². The lowest BCUT2D eigenvalue weighted by atomic mass is 10.4. The van der Waals surface area contributed by atoms with Crippen LogP contribution in [-0.4, -0.2) is 24.0 Å². The molecule has 1 nitrogen and oxygen atoms in total. The Labute approximate surface area is 57.0 Å². The molecule has 0 atom stereocenters. The second-order valence-electron chi connectivity index (χ2n) is 2.50. The molecule has 1 heteroatoms. The second kappa shape index (κ2) is 2.89. The van der Waals surface area contributed by atoms with Gasteiger partial charge in [0.15, 0.2) is 0 Å². The van der Waals surface area contributed by atoms with E-state index in [-0.39, 0.29) is 0 Å². The van der Waals surface area contributed by atoms with Crippen molar-refractivity contribution < 1.29 is 0 Å². The van der Waals surface area contributed by atoms with Crippen molar-refractivity contribution in [2.24, 2.45) is 0 Å². The average molecular weight is 123 g/mol. The third kappa shape index (κ3) is 1.73. The van der Waals surface area contributed by atoms with Gasteiger partial charge >= 0.3 is 0 Å². The molecular weight excluding hydrogens is 110 g/mol. The molecule has 0 aromatic heterocycles. The summed E-state index contributed by atoms with van der Waals surface area (Å²) in [5.74, 6) is 2.67. The highest BCUT2D eigenvalue weighted by molar-refractivity contribution is 4.93. The highest BCUT2D eigenvalue weighted by Crippen LogP contribution is 2.25. The summed E-state index contributed by atoms with van der Waals surface area (Å²) in [5.41, 5.74) is 0. The van der Waals surface area contributed by atoms with Crippen molar-refractivity contribution >= 4 is 0 Å². The molecule has 0 aromatic carbocycles. The Morgan fingerprint density at radius 2 is 2.33 bits per heavy atom. The number of hydrogen-bond donors (Lipinski definition) is 0. The van der Waals surface area contributed by atoms with Crippen molar-refractivity contribution in [2.75, 3.05) is 13.1 Å². The normalized spacial score (nSPS) is 17.9. The van der Waals surface area contributed by atoms with Gasteiger partial charge in [-0.25, -0.2) is 0 Å². The van der Waals surface area contributed by atoms with E-state index in [1.54, 1.807) is 0 Å². The smallest absolute Gasteiger partial charge is 0.0601 e. The summed E-state index contributed by atoms with van der Waals surface area (Å²) in [6, 6.07) is 0.825. The second-order valence-corrected chi connectivity index (χ2v) is 2.50.